The first kappa shape index (κ1) is 15.7. The zero-order valence-electron chi connectivity index (χ0n) is 10.0. The van der Waals surface area contributed by atoms with Gasteiger partial charge in [-0.1, -0.05) is 23.2 Å². The van der Waals surface area contributed by atoms with Crippen LogP contribution in [0.5, 0.6) is 0 Å². The summed E-state index contributed by atoms with van der Waals surface area (Å²) in [6.07, 6.45) is 0. The average molecular weight is 296 g/mol. The van der Waals surface area contributed by atoms with E-state index in [0.717, 1.165) is 0 Å². The van der Waals surface area contributed by atoms with E-state index in [1.807, 2.05) is 6.92 Å². The first-order valence-corrected chi connectivity index (χ1v) is 6.38. The van der Waals surface area contributed by atoms with Crippen LogP contribution in [-0.4, -0.2) is 31.5 Å². The zero-order chi connectivity index (χ0) is 13.5. The van der Waals surface area contributed by atoms with Crippen molar-refractivity contribution in [2.24, 2.45) is 0 Å². The number of benzene rings is 1. The lowest BCUT2D eigenvalue weighted by molar-refractivity contribution is 0.0928. The van der Waals surface area contributed by atoms with Gasteiger partial charge in [0.05, 0.1) is 24.8 Å². The Labute approximate surface area is 116 Å². The minimum absolute atomic E-state index is 0.00375. The number of hydrogen-bond acceptors (Lipinski definition) is 3. The van der Waals surface area contributed by atoms with Crippen molar-refractivity contribution >= 4 is 23.2 Å². The van der Waals surface area contributed by atoms with Crippen molar-refractivity contribution in [3.8, 4) is 0 Å². The second-order valence-electron chi connectivity index (χ2n) is 3.80. The van der Waals surface area contributed by atoms with E-state index in [0.29, 0.717) is 30.3 Å². The van der Waals surface area contributed by atoms with E-state index in [1.54, 1.807) is 0 Å². The van der Waals surface area contributed by atoms with Gasteiger partial charge in [-0.25, -0.2) is 4.39 Å². The second kappa shape index (κ2) is 7.92. The Kier molecular flexibility index (Phi) is 6.89. The summed E-state index contributed by atoms with van der Waals surface area (Å²) in [6, 6.07) is 2.62. The highest BCUT2D eigenvalue weighted by molar-refractivity contribution is 6.35. The van der Waals surface area contributed by atoms with Crippen LogP contribution in [0.4, 0.5) is 4.39 Å². The Balaban J connectivity index is 2.51. The molecule has 0 bridgehead atoms. The van der Waals surface area contributed by atoms with E-state index in [-0.39, 0.29) is 17.7 Å². The maximum atomic E-state index is 13.3. The Hall–Kier alpha value is -0.390. The molecule has 0 amide bonds. The number of nitrogens with one attached hydrogen (secondary N) is 1. The topological polar surface area (TPSA) is 41.5 Å². The number of aliphatic hydroxyl groups is 1. The molecule has 0 aliphatic carbocycles. The number of ether oxygens (including phenoxy) is 1. The summed E-state index contributed by atoms with van der Waals surface area (Å²) >= 11 is 11.6. The van der Waals surface area contributed by atoms with E-state index in [1.165, 1.54) is 12.1 Å². The molecule has 0 fully saturated rings. The predicted octanol–water partition coefficient (Wildman–Crippen LogP) is 2.79. The largest absolute Gasteiger partial charge is 0.394 e. The molecule has 1 aromatic carbocycles. The van der Waals surface area contributed by atoms with Crippen LogP contribution in [0.3, 0.4) is 0 Å². The highest BCUT2D eigenvalue weighted by atomic mass is 35.5. The molecule has 2 N–H and O–H groups in total. The molecule has 1 atom stereocenters. The van der Waals surface area contributed by atoms with Crippen LogP contribution < -0.4 is 5.32 Å². The maximum absolute atomic E-state index is 13.3. The van der Waals surface area contributed by atoms with Crippen LogP contribution >= 0.6 is 23.2 Å². The molecular formula is C12H16Cl2FNO2. The second-order valence-corrected chi connectivity index (χ2v) is 4.61. The molecule has 1 rings (SSSR count). The molecule has 3 nitrogen and oxygen atoms in total. The molecular weight excluding hydrogens is 280 g/mol. The Bertz CT molecular complexity index is 391. The van der Waals surface area contributed by atoms with Crippen molar-refractivity contribution in [3.05, 3.63) is 33.6 Å². The van der Waals surface area contributed by atoms with E-state index in [4.69, 9.17) is 33.0 Å². The summed E-state index contributed by atoms with van der Waals surface area (Å²) < 4.78 is 18.4. The van der Waals surface area contributed by atoms with Crippen LogP contribution in [0.1, 0.15) is 18.5 Å². The van der Waals surface area contributed by atoms with Gasteiger partial charge in [0.1, 0.15) is 5.82 Å². The highest BCUT2D eigenvalue weighted by Crippen LogP contribution is 2.28. The van der Waals surface area contributed by atoms with Crippen molar-refractivity contribution in [3.63, 3.8) is 0 Å². The first-order chi connectivity index (χ1) is 8.56. The molecule has 0 saturated carbocycles. The van der Waals surface area contributed by atoms with Gasteiger partial charge in [-0.2, -0.15) is 0 Å². The molecule has 0 aromatic heterocycles. The van der Waals surface area contributed by atoms with E-state index in [2.05, 4.69) is 5.32 Å². The van der Waals surface area contributed by atoms with Crippen molar-refractivity contribution in [2.45, 2.75) is 13.0 Å². The van der Waals surface area contributed by atoms with Gasteiger partial charge >= 0.3 is 0 Å². The Morgan fingerprint density at radius 2 is 2.06 bits per heavy atom. The van der Waals surface area contributed by atoms with Crippen molar-refractivity contribution < 1.29 is 14.2 Å². The molecule has 0 heterocycles. The van der Waals surface area contributed by atoms with E-state index in [9.17, 15) is 4.39 Å². The standard InChI is InChI=1S/C12H16Cl2FNO2/c1-8(16-2-4-18-5-3-17)9-6-12(15)11(14)7-10(9)13/h6-8,16-17H,2-5H2,1H3. The third-order valence-corrected chi connectivity index (χ3v) is 3.06. The first-order valence-electron chi connectivity index (χ1n) is 5.62. The van der Waals surface area contributed by atoms with Gasteiger partial charge in [-0.3, -0.25) is 0 Å². The SMILES string of the molecule is CC(NCCOCCO)c1cc(F)c(Cl)cc1Cl. The van der Waals surface area contributed by atoms with Crippen LogP contribution in [0.15, 0.2) is 12.1 Å². The highest BCUT2D eigenvalue weighted by Gasteiger charge is 2.12. The van der Waals surface area contributed by atoms with Crippen molar-refractivity contribution in [2.75, 3.05) is 26.4 Å². The van der Waals surface area contributed by atoms with E-state index < -0.39 is 5.82 Å². The molecule has 1 aromatic rings. The molecule has 18 heavy (non-hydrogen) atoms. The fourth-order valence-corrected chi connectivity index (χ4v) is 2.04. The van der Waals surface area contributed by atoms with Crippen molar-refractivity contribution in [1.82, 2.24) is 5.32 Å². The minimum Gasteiger partial charge on any atom is -0.394 e. The predicted molar refractivity (Wildman–Crippen MR) is 70.7 cm³/mol. The van der Waals surface area contributed by atoms with Gasteiger partial charge in [0, 0.05) is 17.6 Å². The molecule has 0 aliphatic rings. The Morgan fingerprint density at radius 3 is 2.72 bits per heavy atom. The van der Waals surface area contributed by atoms with Gasteiger partial charge < -0.3 is 15.2 Å². The lowest BCUT2D eigenvalue weighted by atomic mass is 10.1. The summed E-state index contributed by atoms with van der Waals surface area (Å²) in [4.78, 5) is 0. The number of aliphatic hydroxyl groups excluding tert-OH is 1. The molecule has 0 radical (unpaired) electrons. The zero-order valence-corrected chi connectivity index (χ0v) is 11.6. The Morgan fingerprint density at radius 1 is 1.33 bits per heavy atom. The number of halogens is 3. The van der Waals surface area contributed by atoms with Gasteiger partial charge in [0.15, 0.2) is 0 Å². The summed E-state index contributed by atoms with van der Waals surface area (Å²) in [5, 5.41) is 12.1. The fraction of sp³-hybridized carbons (Fsp3) is 0.500. The monoisotopic (exact) mass is 295 g/mol. The smallest absolute Gasteiger partial charge is 0.142 e. The van der Waals surface area contributed by atoms with Crippen LogP contribution in [0.2, 0.25) is 10.0 Å². The molecule has 0 saturated heterocycles. The van der Waals surface area contributed by atoms with Crippen LogP contribution in [0.25, 0.3) is 0 Å². The summed E-state index contributed by atoms with van der Waals surface area (Å²) in [7, 11) is 0. The van der Waals surface area contributed by atoms with Gasteiger partial charge in [0.25, 0.3) is 0 Å². The third kappa shape index (κ3) is 4.71. The molecule has 1 unspecified atom stereocenters. The van der Waals surface area contributed by atoms with Crippen molar-refractivity contribution in [1.29, 1.82) is 0 Å². The molecule has 102 valence electrons. The minimum atomic E-state index is -0.485. The molecule has 0 spiro atoms. The summed E-state index contributed by atoms with van der Waals surface area (Å²) in [5.74, 6) is -0.485. The normalized spacial score (nSPS) is 12.7. The number of hydrogen-bond donors (Lipinski definition) is 2. The third-order valence-electron chi connectivity index (χ3n) is 2.44. The van der Waals surface area contributed by atoms with Gasteiger partial charge in [-0.05, 0) is 24.6 Å². The average Bonchev–Trinajstić information content (AvgIpc) is 2.33. The van der Waals surface area contributed by atoms with Gasteiger partial charge in [0.2, 0.25) is 0 Å². The lowest BCUT2D eigenvalue weighted by Crippen LogP contribution is -2.24. The summed E-state index contributed by atoms with van der Waals surface area (Å²) in [6.45, 7) is 3.25. The van der Waals surface area contributed by atoms with E-state index >= 15 is 0 Å². The quantitative estimate of drug-likeness (QED) is 0.600. The maximum Gasteiger partial charge on any atom is 0.142 e. The number of rotatable bonds is 7. The van der Waals surface area contributed by atoms with Crippen LogP contribution in [-0.2, 0) is 4.74 Å². The van der Waals surface area contributed by atoms with Gasteiger partial charge in [-0.15, -0.1) is 0 Å². The summed E-state index contributed by atoms with van der Waals surface area (Å²) in [5.41, 5.74) is 0.653. The lowest BCUT2D eigenvalue weighted by Gasteiger charge is -2.16. The van der Waals surface area contributed by atoms with Crippen LogP contribution in [0, 0.1) is 5.82 Å². The fourth-order valence-electron chi connectivity index (χ4n) is 1.49. The molecule has 0 aliphatic heterocycles. The molecule has 6 heteroatoms.